The van der Waals surface area contributed by atoms with Gasteiger partial charge in [-0.3, -0.25) is 9.59 Å². The maximum absolute atomic E-state index is 13.5. The van der Waals surface area contributed by atoms with Crippen LogP contribution in [0.2, 0.25) is 0 Å². The van der Waals surface area contributed by atoms with Crippen molar-refractivity contribution in [2.24, 2.45) is 0 Å². The third kappa shape index (κ3) is 4.63. The summed E-state index contributed by atoms with van der Waals surface area (Å²) in [6.07, 6.45) is 2.40. The molecule has 1 fully saturated rings. The molecular weight excluding hydrogens is 494 g/mol. The van der Waals surface area contributed by atoms with Crippen LogP contribution in [-0.4, -0.2) is 51.3 Å². The summed E-state index contributed by atoms with van der Waals surface area (Å²) in [5.41, 5.74) is 4.21. The summed E-state index contributed by atoms with van der Waals surface area (Å²) in [6.45, 7) is 6.38. The molecule has 1 unspecified atom stereocenters. The summed E-state index contributed by atoms with van der Waals surface area (Å²) < 4.78 is 13.1. The molecule has 1 aliphatic heterocycles. The number of pyridine rings is 1. The Morgan fingerprint density at radius 1 is 1.03 bits per heavy atom. The zero-order chi connectivity index (χ0) is 27.7. The molecule has 39 heavy (non-hydrogen) atoms. The number of imidazole rings is 1. The molecule has 8 heteroatoms. The summed E-state index contributed by atoms with van der Waals surface area (Å²) in [5.74, 6) is -0.678. The molecule has 4 aromatic rings. The molecule has 1 N–H and O–H groups in total. The number of carbonyl (C=O) groups excluding carboxylic acids is 2. The summed E-state index contributed by atoms with van der Waals surface area (Å²) in [5, 5.41) is 11.6. The molecule has 8 nitrogen and oxygen atoms in total. The Morgan fingerprint density at radius 3 is 2.49 bits per heavy atom. The minimum absolute atomic E-state index is 0.00318. The molecule has 1 atom stereocenters. The second-order valence-electron chi connectivity index (χ2n) is 9.50. The predicted molar refractivity (Wildman–Crippen MR) is 148 cm³/mol. The molecule has 0 bridgehead atoms. The number of rotatable bonds is 8. The van der Waals surface area contributed by atoms with E-state index >= 15 is 0 Å². The largest absolute Gasteiger partial charge is 0.505 e. The van der Waals surface area contributed by atoms with Gasteiger partial charge in [-0.05, 0) is 62.1 Å². The van der Waals surface area contributed by atoms with E-state index in [1.54, 1.807) is 18.2 Å². The van der Waals surface area contributed by atoms with Crippen molar-refractivity contribution in [3.8, 4) is 11.5 Å². The minimum Gasteiger partial charge on any atom is -0.505 e. The van der Waals surface area contributed by atoms with E-state index in [0.717, 1.165) is 11.1 Å². The minimum atomic E-state index is -0.830. The molecule has 5 rings (SSSR count). The van der Waals surface area contributed by atoms with Gasteiger partial charge in [0.1, 0.15) is 11.3 Å². The highest BCUT2D eigenvalue weighted by atomic mass is 16.5. The fourth-order valence-electron chi connectivity index (χ4n) is 5.15. The lowest BCUT2D eigenvalue weighted by Crippen LogP contribution is -2.31. The SMILES string of the molecule is CCOc1ccc(C2/C(=C(\O)c3nc4c(C)cccn4c3C)C(=O)C(=O)N2CCc2ccccc2)cc1OC. The van der Waals surface area contributed by atoms with Gasteiger partial charge >= 0.3 is 0 Å². The molecule has 2 aromatic heterocycles. The smallest absolute Gasteiger partial charge is 0.295 e. The van der Waals surface area contributed by atoms with Gasteiger partial charge in [0.25, 0.3) is 11.7 Å². The van der Waals surface area contributed by atoms with Crippen LogP contribution in [0.3, 0.4) is 0 Å². The highest BCUT2D eigenvalue weighted by molar-refractivity contribution is 6.46. The van der Waals surface area contributed by atoms with Crippen molar-refractivity contribution in [2.75, 3.05) is 20.3 Å². The van der Waals surface area contributed by atoms with E-state index in [1.165, 1.54) is 12.0 Å². The van der Waals surface area contributed by atoms with Gasteiger partial charge in [0.05, 0.1) is 31.0 Å². The van der Waals surface area contributed by atoms with Crippen LogP contribution in [0.1, 0.15) is 41.0 Å². The van der Waals surface area contributed by atoms with Gasteiger partial charge in [-0.1, -0.05) is 42.5 Å². The summed E-state index contributed by atoms with van der Waals surface area (Å²) in [7, 11) is 1.54. The van der Waals surface area contributed by atoms with Crippen molar-refractivity contribution in [1.29, 1.82) is 0 Å². The molecule has 200 valence electrons. The van der Waals surface area contributed by atoms with Crippen molar-refractivity contribution < 1.29 is 24.2 Å². The number of aryl methyl sites for hydroxylation is 2. The second kappa shape index (κ2) is 10.6. The lowest BCUT2D eigenvalue weighted by molar-refractivity contribution is -0.139. The van der Waals surface area contributed by atoms with Crippen molar-refractivity contribution in [3.05, 3.63) is 101 Å². The van der Waals surface area contributed by atoms with Crippen LogP contribution in [0.5, 0.6) is 11.5 Å². The number of nitrogens with zero attached hydrogens (tertiary/aromatic N) is 3. The number of carbonyl (C=O) groups is 2. The van der Waals surface area contributed by atoms with Gasteiger partial charge < -0.3 is 23.9 Å². The number of methoxy groups -OCH3 is 1. The number of aliphatic hydroxyl groups excluding tert-OH is 1. The van der Waals surface area contributed by atoms with E-state index in [2.05, 4.69) is 4.98 Å². The molecule has 1 aliphatic rings. The van der Waals surface area contributed by atoms with Crippen LogP contribution < -0.4 is 9.47 Å². The normalized spacial score (nSPS) is 16.7. The summed E-state index contributed by atoms with van der Waals surface area (Å²) >= 11 is 0. The fraction of sp³-hybridized carbons (Fsp3) is 0.258. The van der Waals surface area contributed by atoms with Gasteiger partial charge in [0, 0.05) is 12.7 Å². The molecule has 3 heterocycles. The number of amides is 1. The zero-order valence-corrected chi connectivity index (χ0v) is 22.5. The Labute approximate surface area is 227 Å². The van der Waals surface area contributed by atoms with Crippen LogP contribution in [0.25, 0.3) is 11.4 Å². The second-order valence-corrected chi connectivity index (χ2v) is 9.50. The third-order valence-electron chi connectivity index (χ3n) is 7.14. The average molecular weight is 526 g/mol. The first-order valence-corrected chi connectivity index (χ1v) is 12.9. The molecule has 0 radical (unpaired) electrons. The standard InChI is InChI=1S/C31H31N3O5/c1-5-39-23-14-13-22(18-24(23)38-4)27-25(28(35)26-20(3)33-16-9-10-19(2)30(33)32-26)29(36)31(37)34(27)17-15-21-11-7-6-8-12-21/h6-14,16,18,27,35H,5,15,17H2,1-4H3/b28-25+. The number of ketones is 1. The Bertz CT molecular complexity index is 1590. The fourth-order valence-corrected chi connectivity index (χ4v) is 5.15. The van der Waals surface area contributed by atoms with Crippen LogP contribution in [0.4, 0.5) is 0 Å². The number of Topliss-reactive ketones (excluding diaryl/α,β-unsaturated/α-hetero) is 1. The number of fused-ring (bicyclic) bond motifs is 1. The number of ether oxygens (including phenoxy) is 2. The molecule has 1 amide bonds. The monoisotopic (exact) mass is 525 g/mol. The topological polar surface area (TPSA) is 93.4 Å². The van der Waals surface area contributed by atoms with Crippen molar-refractivity contribution in [2.45, 2.75) is 33.2 Å². The van der Waals surface area contributed by atoms with E-state index in [1.807, 2.05) is 73.8 Å². The highest BCUT2D eigenvalue weighted by Gasteiger charge is 2.46. The van der Waals surface area contributed by atoms with Crippen LogP contribution in [0.15, 0.2) is 72.4 Å². The molecule has 0 saturated carbocycles. The van der Waals surface area contributed by atoms with Gasteiger partial charge in [-0.2, -0.15) is 0 Å². The quantitative estimate of drug-likeness (QED) is 0.197. The lowest BCUT2D eigenvalue weighted by atomic mass is 9.95. The number of hydrogen-bond donors (Lipinski definition) is 1. The highest BCUT2D eigenvalue weighted by Crippen LogP contribution is 2.42. The third-order valence-corrected chi connectivity index (χ3v) is 7.14. The maximum atomic E-state index is 13.5. The van der Waals surface area contributed by atoms with Crippen molar-refractivity contribution in [3.63, 3.8) is 0 Å². The molecule has 0 spiro atoms. The van der Waals surface area contributed by atoms with E-state index in [4.69, 9.17) is 9.47 Å². The van der Waals surface area contributed by atoms with Crippen molar-refractivity contribution in [1.82, 2.24) is 14.3 Å². The van der Waals surface area contributed by atoms with Gasteiger partial charge in [-0.25, -0.2) is 4.98 Å². The first-order valence-electron chi connectivity index (χ1n) is 12.9. The van der Waals surface area contributed by atoms with E-state index in [-0.39, 0.29) is 23.6 Å². The molecule has 1 saturated heterocycles. The Balaban J connectivity index is 1.66. The van der Waals surface area contributed by atoms with Gasteiger partial charge in [0.15, 0.2) is 17.3 Å². The lowest BCUT2D eigenvalue weighted by Gasteiger charge is -2.26. The number of likely N-dealkylation sites (tertiary alicyclic amines) is 1. The first-order chi connectivity index (χ1) is 18.8. The molecule has 2 aromatic carbocycles. The molecular formula is C31H31N3O5. The number of hydrogen-bond acceptors (Lipinski definition) is 6. The predicted octanol–water partition coefficient (Wildman–Crippen LogP) is 5.02. The van der Waals surface area contributed by atoms with E-state index < -0.39 is 17.7 Å². The maximum Gasteiger partial charge on any atom is 0.295 e. The molecule has 0 aliphatic carbocycles. The Kier molecular flexibility index (Phi) is 7.11. The number of aromatic nitrogens is 2. The average Bonchev–Trinajstić information content (AvgIpc) is 3.42. The zero-order valence-electron chi connectivity index (χ0n) is 22.5. The van der Waals surface area contributed by atoms with Gasteiger partial charge in [-0.15, -0.1) is 0 Å². The van der Waals surface area contributed by atoms with Gasteiger partial charge in [0.2, 0.25) is 0 Å². The van der Waals surface area contributed by atoms with Crippen molar-refractivity contribution >= 4 is 23.1 Å². The summed E-state index contributed by atoms with van der Waals surface area (Å²) in [4.78, 5) is 33.2. The van der Waals surface area contributed by atoms with E-state index in [9.17, 15) is 14.7 Å². The number of aliphatic hydroxyl groups is 1. The van der Waals surface area contributed by atoms with Crippen LogP contribution in [0, 0.1) is 13.8 Å². The number of benzene rings is 2. The van der Waals surface area contributed by atoms with E-state index in [0.29, 0.717) is 41.4 Å². The van der Waals surface area contributed by atoms with Crippen LogP contribution in [-0.2, 0) is 16.0 Å². The Morgan fingerprint density at radius 2 is 1.79 bits per heavy atom. The first kappa shape index (κ1) is 26.0. The van der Waals surface area contributed by atoms with Crippen LogP contribution >= 0.6 is 0 Å². The Hall–Kier alpha value is -4.59. The summed E-state index contributed by atoms with van der Waals surface area (Å²) in [6, 6.07) is 18.1.